The molecule has 0 bridgehead atoms. The lowest BCUT2D eigenvalue weighted by molar-refractivity contribution is 0.148. The molecular weight excluding hydrogens is 222 g/mol. The van der Waals surface area contributed by atoms with Crippen LogP contribution >= 0.6 is 0 Å². The van der Waals surface area contributed by atoms with Gasteiger partial charge in [-0.15, -0.1) is 0 Å². The Labute approximate surface area is 108 Å². The van der Waals surface area contributed by atoms with Gasteiger partial charge >= 0.3 is 0 Å². The summed E-state index contributed by atoms with van der Waals surface area (Å²) in [6.07, 6.45) is 2.18. The third-order valence-electron chi connectivity index (χ3n) is 3.99. The molecule has 0 unspecified atom stereocenters. The molecule has 0 radical (unpaired) electrons. The van der Waals surface area contributed by atoms with Gasteiger partial charge in [0.1, 0.15) is 0 Å². The number of hydrogen-bond donors (Lipinski definition) is 1. The van der Waals surface area contributed by atoms with Gasteiger partial charge in [0.05, 0.1) is 0 Å². The van der Waals surface area contributed by atoms with E-state index in [-0.39, 0.29) is 0 Å². The predicted molar refractivity (Wildman–Crippen MR) is 75.8 cm³/mol. The second kappa shape index (κ2) is 4.75. The number of fused-ring (bicyclic) bond motifs is 1. The molecule has 3 heteroatoms. The van der Waals surface area contributed by atoms with Crippen molar-refractivity contribution in [3.8, 4) is 0 Å². The van der Waals surface area contributed by atoms with E-state index >= 15 is 0 Å². The zero-order valence-electron chi connectivity index (χ0n) is 11.2. The van der Waals surface area contributed by atoms with Gasteiger partial charge in [-0.1, -0.05) is 12.1 Å². The van der Waals surface area contributed by atoms with Crippen LogP contribution in [0.3, 0.4) is 0 Å². The summed E-state index contributed by atoms with van der Waals surface area (Å²) in [7, 11) is 2.20. The van der Waals surface area contributed by atoms with Crippen LogP contribution in [0.2, 0.25) is 0 Å². The normalized spacial score (nSPS) is 18.6. The summed E-state index contributed by atoms with van der Waals surface area (Å²) >= 11 is 0. The molecular formula is C15H21N3. The largest absolute Gasteiger partial charge is 0.361 e. The number of H-pyrrole nitrogens is 1. The third-order valence-corrected chi connectivity index (χ3v) is 3.99. The van der Waals surface area contributed by atoms with Crippen molar-refractivity contribution in [1.29, 1.82) is 0 Å². The zero-order chi connectivity index (χ0) is 12.5. The highest BCUT2D eigenvalue weighted by molar-refractivity contribution is 5.86. The van der Waals surface area contributed by atoms with Crippen LogP contribution in [0.15, 0.2) is 24.4 Å². The lowest BCUT2D eigenvalue weighted by Crippen LogP contribution is -2.43. The highest BCUT2D eigenvalue weighted by atomic mass is 15.2. The smallest absolute Gasteiger partial charge is 0.0459 e. The van der Waals surface area contributed by atoms with Crippen LogP contribution in [-0.4, -0.2) is 48.0 Å². The molecule has 0 amide bonds. The molecule has 1 saturated heterocycles. The second-order valence-corrected chi connectivity index (χ2v) is 5.39. The van der Waals surface area contributed by atoms with Crippen LogP contribution in [0.5, 0.6) is 0 Å². The van der Waals surface area contributed by atoms with Crippen LogP contribution in [0, 0.1) is 6.92 Å². The summed E-state index contributed by atoms with van der Waals surface area (Å²) in [5.41, 5.74) is 4.07. The van der Waals surface area contributed by atoms with Gasteiger partial charge in [0.25, 0.3) is 0 Å². The summed E-state index contributed by atoms with van der Waals surface area (Å²) in [5, 5.41) is 1.41. The molecule has 0 atom stereocenters. The summed E-state index contributed by atoms with van der Waals surface area (Å²) in [4.78, 5) is 8.34. The number of rotatable bonds is 2. The van der Waals surface area contributed by atoms with Crippen molar-refractivity contribution < 1.29 is 0 Å². The van der Waals surface area contributed by atoms with Gasteiger partial charge in [0, 0.05) is 49.8 Å². The first-order valence-electron chi connectivity index (χ1n) is 6.70. The van der Waals surface area contributed by atoms with Crippen molar-refractivity contribution in [3.63, 3.8) is 0 Å². The zero-order valence-corrected chi connectivity index (χ0v) is 11.2. The van der Waals surface area contributed by atoms with Crippen molar-refractivity contribution in [3.05, 3.63) is 35.5 Å². The van der Waals surface area contributed by atoms with Crippen molar-refractivity contribution in [2.45, 2.75) is 13.5 Å². The molecule has 0 spiro atoms. The van der Waals surface area contributed by atoms with Crippen molar-refractivity contribution in [1.82, 2.24) is 14.8 Å². The number of aromatic amines is 1. The summed E-state index contributed by atoms with van der Waals surface area (Å²) in [6.45, 7) is 7.98. The Hall–Kier alpha value is -1.32. The molecule has 0 aliphatic carbocycles. The molecule has 1 aliphatic heterocycles. The number of nitrogens with one attached hydrogen (secondary N) is 1. The van der Waals surface area contributed by atoms with Crippen LogP contribution in [0.1, 0.15) is 11.1 Å². The van der Waals surface area contributed by atoms with E-state index in [0.717, 1.165) is 6.54 Å². The standard InChI is InChI=1S/C15H21N3/c1-12-4-3-5-14-15(12)13(10-16-14)11-18-8-6-17(2)7-9-18/h3-5,10,16H,6-9,11H2,1-2H3. The number of nitrogens with zero attached hydrogens (tertiary/aromatic N) is 2. The van der Waals surface area contributed by atoms with Gasteiger partial charge in [-0.2, -0.15) is 0 Å². The van der Waals surface area contributed by atoms with E-state index in [1.165, 1.54) is 48.2 Å². The van der Waals surface area contributed by atoms with Crippen molar-refractivity contribution >= 4 is 10.9 Å². The summed E-state index contributed by atoms with van der Waals surface area (Å²) in [6, 6.07) is 6.48. The Bertz CT molecular complexity index is 536. The van der Waals surface area contributed by atoms with Gasteiger partial charge in [0.15, 0.2) is 0 Å². The Morgan fingerprint density at radius 1 is 1.17 bits per heavy atom. The molecule has 96 valence electrons. The monoisotopic (exact) mass is 243 g/mol. The SMILES string of the molecule is Cc1cccc2[nH]cc(CN3CCN(C)CC3)c12. The fourth-order valence-corrected chi connectivity index (χ4v) is 2.82. The van der Waals surface area contributed by atoms with E-state index < -0.39 is 0 Å². The molecule has 2 aromatic rings. The molecule has 2 heterocycles. The molecule has 1 aromatic carbocycles. The maximum Gasteiger partial charge on any atom is 0.0459 e. The van der Waals surface area contributed by atoms with Crippen LogP contribution < -0.4 is 0 Å². The second-order valence-electron chi connectivity index (χ2n) is 5.39. The Morgan fingerprint density at radius 2 is 1.94 bits per heavy atom. The van der Waals surface area contributed by atoms with E-state index in [4.69, 9.17) is 0 Å². The van der Waals surface area contributed by atoms with E-state index in [1.807, 2.05) is 0 Å². The Balaban J connectivity index is 1.82. The van der Waals surface area contributed by atoms with Crippen LogP contribution in [0.25, 0.3) is 10.9 Å². The van der Waals surface area contributed by atoms with Crippen molar-refractivity contribution in [2.24, 2.45) is 0 Å². The fraction of sp³-hybridized carbons (Fsp3) is 0.467. The molecule has 0 saturated carbocycles. The lowest BCUT2D eigenvalue weighted by Gasteiger charge is -2.32. The maximum atomic E-state index is 3.39. The number of aryl methyl sites for hydroxylation is 1. The average Bonchev–Trinajstić information content (AvgIpc) is 2.77. The average molecular weight is 243 g/mol. The Morgan fingerprint density at radius 3 is 2.72 bits per heavy atom. The first-order valence-corrected chi connectivity index (χ1v) is 6.70. The number of aromatic nitrogens is 1. The molecule has 1 fully saturated rings. The lowest BCUT2D eigenvalue weighted by atomic mass is 10.1. The van der Waals surface area contributed by atoms with Gasteiger partial charge in [-0.3, -0.25) is 4.90 Å². The molecule has 3 rings (SSSR count). The maximum absolute atomic E-state index is 3.39. The minimum atomic E-state index is 1.07. The van der Waals surface area contributed by atoms with Gasteiger partial charge in [-0.25, -0.2) is 0 Å². The third kappa shape index (κ3) is 2.16. The minimum Gasteiger partial charge on any atom is -0.361 e. The molecule has 1 aromatic heterocycles. The number of piperazine rings is 1. The van der Waals surface area contributed by atoms with E-state index in [9.17, 15) is 0 Å². The fourth-order valence-electron chi connectivity index (χ4n) is 2.82. The highest BCUT2D eigenvalue weighted by Gasteiger charge is 2.15. The number of hydrogen-bond acceptors (Lipinski definition) is 2. The highest BCUT2D eigenvalue weighted by Crippen LogP contribution is 2.23. The van der Waals surface area contributed by atoms with Gasteiger partial charge in [-0.05, 0) is 31.2 Å². The van der Waals surface area contributed by atoms with E-state index in [1.54, 1.807) is 0 Å². The summed E-state index contributed by atoms with van der Waals surface area (Å²) < 4.78 is 0. The molecule has 1 N–H and O–H groups in total. The van der Waals surface area contributed by atoms with Gasteiger partial charge in [0.2, 0.25) is 0 Å². The van der Waals surface area contributed by atoms with E-state index in [0.29, 0.717) is 0 Å². The molecule has 18 heavy (non-hydrogen) atoms. The first kappa shape index (κ1) is 11.8. The van der Waals surface area contributed by atoms with Crippen LogP contribution in [-0.2, 0) is 6.54 Å². The topological polar surface area (TPSA) is 22.3 Å². The molecule has 1 aliphatic rings. The Kier molecular flexibility index (Phi) is 3.10. The van der Waals surface area contributed by atoms with Crippen molar-refractivity contribution in [2.75, 3.05) is 33.2 Å². The first-order chi connectivity index (χ1) is 8.74. The molecule has 3 nitrogen and oxygen atoms in total. The minimum absolute atomic E-state index is 1.07. The van der Waals surface area contributed by atoms with E-state index in [2.05, 4.69) is 53.2 Å². The quantitative estimate of drug-likeness (QED) is 0.874. The van der Waals surface area contributed by atoms with Gasteiger partial charge < -0.3 is 9.88 Å². The van der Waals surface area contributed by atoms with Crippen LogP contribution in [0.4, 0.5) is 0 Å². The number of benzene rings is 1. The number of likely N-dealkylation sites (N-methyl/N-ethyl adjacent to an activating group) is 1. The predicted octanol–water partition coefficient (Wildman–Crippen LogP) is 2.22. The summed E-state index contributed by atoms with van der Waals surface area (Å²) in [5.74, 6) is 0.